The minimum atomic E-state index is -1.50. The lowest BCUT2D eigenvalue weighted by Gasteiger charge is -2.32. The molecule has 3 aromatic rings. The van der Waals surface area contributed by atoms with Crippen molar-refractivity contribution in [2.75, 3.05) is 13.2 Å². The van der Waals surface area contributed by atoms with Gasteiger partial charge >= 0.3 is 0 Å². The highest BCUT2D eigenvalue weighted by atomic mass is 19.2. The summed E-state index contributed by atoms with van der Waals surface area (Å²) in [4.78, 5) is 15.1. The zero-order chi connectivity index (χ0) is 22.7. The third kappa shape index (κ3) is 3.00. The van der Waals surface area contributed by atoms with Crippen LogP contribution in [0.1, 0.15) is 46.7 Å². The van der Waals surface area contributed by atoms with E-state index in [0.717, 1.165) is 24.1 Å². The van der Waals surface area contributed by atoms with Gasteiger partial charge in [0.25, 0.3) is 5.91 Å². The van der Waals surface area contributed by atoms with Crippen LogP contribution in [0.4, 0.5) is 13.2 Å². The van der Waals surface area contributed by atoms with Crippen molar-refractivity contribution >= 4 is 5.91 Å². The van der Waals surface area contributed by atoms with E-state index in [4.69, 9.17) is 4.74 Å². The van der Waals surface area contributed by atoms with Crippen LogP contribution in [0.5, 0.6) is 5.88 Å². The van der Waals surface area contributed by atoms with Gasteiger partial charge in [0.15, 0.2) is 23.1 Å². The Balaban J connectivity index is 1.50. The third-order valence-electron chi connectivity index (χ3n) is 6.25. The van der Waals surface area contributed by atoms with E-state index < -0.39 is 17.5 Å². The van der Waals surface area contributed by atoms with E-state index in [-0.39, 0.29) is 17.5 Å². The number of hydrogen-bond donors (Lipinski definition) is 0. The van der Waals surface area contributed by atoms with Crippen molar-refractivity contribution in [2.24, 2.45) is 7.05 Å². The molecule has 1 amide bonds. The number of rotatable bonds is 2. The Kier molecular flexibility index (Phi) is 4.75. The summed E-state index contributed by atoms with van der Waals surface area (Å²) in [6.07, 6.45) is 1.28. The summed E-state index contributed by atoms with van der Waals surface area (Å²) < 4.78 is 50.1. The fourth-order valence-electron chi connectivity index (χ4n) is 4.67. The van der Waals surface area contributed by atoms with Crippen LogP contribution in [0.25, 0.3) is 11.3 Å². The van der Waals surface area contributed by atoms with Crippen LogP contribution >= 0.6 is 0 Å². The quantitative estimate of drug-likeness (QED) is 0.566. The molecule has 10 heteroatoms. The molecular weight excluding hydrogens is 423 g/mol. The molecule has 5 rings (SSSR count). The molecule has 7 nitrogen and oxygen atoms in total. The van der Waals surface area contributed by atoms with Crippen molar-refractivity contribution in [2.45, 2.75) is 39.3 Å². The lowest BCUT2D eigenvalue weighted by molar-refractivity contribution is 0.0665. The van der Waals surface area contributed by atoms with Crippen LogP contribution in [0.15, 0.2) is 12.1 Å². The lowest BCUT2D eigenvalue weighted by Crippen LogP contribution is -2.39. The number of fused-ring (bicyclic) bond motifs is 2. The number of benzene rings is 1. The predicted octanol–water partition coefficient (Wildman–Crippen LogP) is 3.55. The number of carbonyl (C=O) groups excluding carboxylic acids is 1. The van der Waals surface area contributed by atoms with Gasteiger partial charge in [-0.2, -0.15) is 10.2 Å². The van der Waals surface area contributed by atoms with Gasteiger partial charge in [-0.15, -0.1) is 0 Å². The number of hydrogen-bond acceptors (Lipinski definition) is 4. The number of carbonyl (C=O) groups is 1. The molecule has 2 aromatic heterocycles. The van der Waals surface area contributed by atoms with Gasteiger partial charge in [0.2, 0.25) is 5.88 Å². The van der Waals surface area contributed by atoms with E-state index in [9.17, 15) is 18.0 Å². The van der Waals surface area contributed by atoms with E-state index in [1.807, 2.05) is 13.8 Å². The first kappa shape index (κ1) is 20.6. The largest absolute Gasteiger partial charge is 0.478 e. The van der Waals surface area contributed by atoms with Crippen molar-refractivity contribution < 1.29 is 22.7 Å². The SMILES string of the molecule is Cc1c(C(=O)N2CCc3c(nn(C)c3-c3cc(F)c(F)c(F)c3)[C@@H]2C)nn2c1OCCC2. The second kappa shape index (κ2) is 7.39. The Hall–Kier alpha value is -3.30. The van der Waals surface area contributed by atoms with E-state index in [1.54, 1.807) is 16.6 Å². The van der Waals surface area contributed by atoms with Crippen LogP contribution < -0.4 is 4.74 Å². The molecule has 0 unspecified atom stereocenters. The van der Waals surface area contributed by atoms with Crippen LogP contribution in [0.2, 0.25) is 0 Å². The fourth-order valence-corrected chi connectivity index (χ4v) is 4.67. The van der Waals surface area contributed by atoms with Crippen LogP contribution in [-0.2, 0) is 20.0 Å². The summed E-state index contributed by atoms with van der Waals surface area (Å²) in [6, 6.07) is 1.56. The second-order valence-corrected chi connectivity index (χ2v) is 8.22. The number of aryl methyl sites for hydroxylation is 2. The van der Waals surface area contributed by atoms with Gasteiger partial charge in [0, 0.05) is 43.2 Å². The Bertz CT molecular complexity index is 1230. The van der Waals surface area contributed by atoms with Gasteiger partial charge in [-0.25, -0.2) is 17.9 Å². The van der Waals surface area contributed by atoms with Crippen LogP contribution in [-0.4, -0.2) is 43.5 Å². The molecule has 0 saturated carbocycles. The predicted molar refractivity (Wildman–Crippen MR) is 109 cm³/mol. The van der Waals surface area contributed by atoms with Crippen LogP contribution in [0, 0.1) is 24.4 Å². The van der Waals surface area contributed by atoms with Gasteiger partial charge in [-0.05, 0) is 32.4 Å². The Labute approximate surface area is 182 Å². The molecule has 0 N–H and O–H groups in total. The third-order valence-corrected chi connectivity index (χ3v) is 6.25. The first-order chi connectivity index (χ1) is 15.3. The second-order valence-electron chi connectivity index (χ2n) is 8.22. The zero-order valence-electron chi connectivity index (χ0n) is 18.0. The smallest absolute Gasteiger partial charge is 0.275 e. The summed E-state index contributed by atoms with van der Waals surface area (Å²) in [5, 5.41) is 9.01. The van der Waals surface area contributed by atoms with E-state index >= 15 is 0 Å². The van der Waals surface area contributed by atoms with E-state index in [2.05, 4.69) is 10.2 Å². The monoisotopic (exact) mass is 445 g/mol. The highest BCUT2D eigenvalue weighted by Crippen LogP contribution is 2.37. The molecule has 1 aromatic carbocycles. The van der Waals surface area contributed by atoms with Crippen molar-refractivity contribution in [3.8, 4) is 17.1 Å². The molecular formula is C22H22F3N5O2. The van der Waals surface area contributed by atoms with Crippen molar-refractivity contribution in [1.29, 1.82) is 0 Å². The molecule has 2 aliphatic rings. The topological polar surface area (TPSA) is 65.2 Å². The standard InChI is InChI=1S/C22H22F3N5O2/c1-11-18(27-30-6-4-8-32-22(11)30)21(31)29-7-5-14-19(12(29)2)26-28(3)20(14)13-9-15(23)17(25)16(24)10-13/h9-10,12H,4-8H2,1-3H3/t12-/m0/s1. The number of aromatic nitrogens is 4. The maximum atomic E-state index is 13.8. The first-order valence-corrected chi connectivity index (χ1v) is 10.5. The van der Waals surface area contributed by atoms with Gasteiger partial charge in [-0.3, -0.25) is 9.48 Å². The maximum Gasteiger partial charge on any atom is 0.275 e. The molecule has 168 valence electrons. The molecule has 4 heterocycles. The van der Waals surface area contributed by atoms with Crippen molar-refractivity contribution in [3.63, 3.8) is 0 Å². The summed E-state index contributed by atoms with van der Waals surface area (Å²) >= 11 is 0. The Morgan fingerprint density at radius 1 is 1.16 bits per heavy atom. The van der Waals surface area contributed by atoms with Gasteiger partial charge in [-0.1, -0.05) is 0 Å². The number of halogens is 3. The molecule has 0 radical (unpaired) electrons. The first-order valence-electron chi connectivity index (χ1n) is 10.5. The highest BCUT2D eigenvalue weighted by molar-refractivity contribution is 5.94. The van der Waals surface area contributed by atoms with Crippen LogP contribution in [0.3, 0.4) is 0 Å². The highest BCUT2D eigenvalue weighted by Gasteiger charge is 2.36. The summed E-state index contributed by atoms with van der Waals surface area (Å²) in [6.45, 7) is 5.39. The Morgan fingerprint density at radius 2 is 1.88 bits per heavy atom. The average molecular weight is 445 g/mol. The van der Waals surface area contributed by atoms with E-state index in [0.29, 0.717) is 54.6 Å². The number of nitrogens with zero attached hydrogens (tertiary/aromatic N) is 5. The van der Waals surface area contributed by atoms with Gasteiger partial charge in [0.1, 0.15) is 0 Å². The zero-order valence-corrected chi connectivity index (χ0v) is 18.0. The van der Waals surface area contributed by atoms with Gasteiger partial charge in [0.05, 0.1) is 24.0 Å². The summed E-state index contributed by atoms with van der Waals surface area (Å²) in [7, 11) is 1.66. The molecule has 0 bridgehead atoms. The minimum Gasteiger partial charge on any atom is -0.478 e. The lowest BCUT2D eigenvalue weighted by atomic mass is 9.95. The van der Waals surface area contributed by atoms with Crippen molar-refractivity contribution in [3.05, 3.63) is 52.1 Å². The fraction of sp³-hybridized carbons (Fsp3) is 0.409. The normalized spacial score (nSPS) is 17.7. The maximum absolute atomic E-state index is 13.8. The molecule has 1 atom stereocenters. The number of ether oxygens (including phenoxy) is 1. The van der Waals surface area contributed by atoms with Crippen molar-refractivity contribution in [1.82, 2.24) is 24.5 Å². The molecule has 0 aliphatic carbocycles. The molecule has 0 spiro atoms. The molecule has 0 fully saturated rings. The molecule has 32 heavy (non-hydrogen) atoms. The molecule has 2 aliphatic heterocycles. The summed E-state index contributed by atoms with van der Waals surface area (Å²) in [5.74, 6) is -3.59. The number of amides is 1. The summed E-state index contributed by atoms with van der Waals surface area (Å²) in [5.41, 5.74) is 3.23. The minimum absolute atomic E-state index is 0.208. The van der Waals surface area contributed by atoms with E-state index in [1.165, 1.54) is 4.68 Å². The Morgan fingerprint density at radius 3 is 2.56 bits per heavy atom. The molecule has 0 saturated heterocycles. The average Bonchev–Trinajstić information content (AvgIpc) is 3.29. The van der Waals surface area contributed by atoms with Gasteiger partial charge < -0.3 is 9.64 Å².